The van der Waals surface area contributed by atoms with Crippen molar-refractivity contribution in [2.24, 2.45) is 0 Å². The maximum Gasteiger partial charge on any atom is 0.224 e. The van der Waals surface area contributed by atoms with E-state index in [4.69, 9.17) is 9.47 Å². The largest absolute Gasteiger partial charge is 0.493 e. The average Bonchev–Trinajstić information content (AvgIpc) is 3.00. The number of ether oxygens (including phenoxy) is 2. The van der Waals surface area contributed by atoms with Gasteiger partial charge in [0.2, 0.25) is 5.91 Å². The Morgan fingerprint density at radius 3 is 2.79 bits per heavy atom. The van der Waals surface area contributed by atoms with Gasteiger partial charge in [-0.2, -0.15) is 0 Å². The Kier molecular flexibility index (Phi) is 2.86. The summed E-state index contributed by atoms with van der Waals surface area (Å²) in [5.41, 5.74) is 0.713. The highest BCUT2D eigenvalue weighted by molar-refractivity contribution is 5.80. The Bertz CT molecular complexity index is 517. The maximum atomic E-state index is 11.9. The van der Waals surface area contributed by atoms with Crippen LogP contribution in [0.3, 0.4) is 0 Å². The number of nitrogens with one attached hydrogen (secondary N) is 1. The van der Waals surface area contributed by atoms with Gasteiger partial charge in [0.15, 0.2) is 11.5 Å². The van der Waals surface area contributed by atoms with Gasteiger partial charge >= 0.3 is 0 Å². The molecule has 1 unspecified atom stereocenters. The van der Waals surface area contributed by atoms with Crippen molar-refractivity contribution >= 4 is 5.91 Å². The van der Waals surface area contributed by atoms with Gasteiger partial charge in [-0.25, -0.2) is 0 Å². The Morgan fingerprint density at radius 2 is 2.05 bits per heavy atom. The zero-order chi connectivity index (χ0) is 13.5. The highest BCUT2D eigenvalue weighted by Crippen LogP contribution is 2.42. The van der Waals surface area contributed by atoms with Crippen LogP contribution in [0.5, 0.6) is 11.5 Å². The molecule has 1 N–H and O–H groups in total. The number of hydrogen-bond donors (Lipinski definition) is 1. The molecule has 1 aromatic carbocycles. The van der Waals surface area contributed by atoms with Gasteiger partial charge in [0.25, 0.3) is 0 Å². The van der Waals surface area contributed by atoms with Crippen molar-refractivity contribution in [2.75, 3.05) is 27.3 Å². The zero-order valence-electron chi connectivity index (χ0n) is 11.2. The molecule has 19 heavy (non-hydrogen) atoms. The molecule has 2 saturated heterocycles. The second-order valence-corrected chi connectivity index (χ2v) is 4.90. The van der Waals surface area contributed by atoms with E-state index < -0.39 is 0 Å². The molecule has 1 atom stereocenters. The molecule has 2 fully saturated rings. The number of amides is 1. The summed E-state index contributed by atoms with van der Waals surface area (Å²) in [4.78, 5) is 13.9. The minimum Gasteiger partial charge on any atom is -0.493 e. The molecule has 1 aromatic rings. The van der Waals surface area contributed by atoms with E-state index in [1.807, 2.05) is 23.1 Å². The fourth-order valence-corrected chi connectivity index (χ4v) is 3.14. The first kappa shape index (κ1) is 12.3. The second kappa shape index (κ2) is 4.42. The number of carbonyl (C=O) groups excluding carboxylic acids is 1. The lowest BCUT2D eigenvalue weighted by atomic mass is 9.97. The van der Waals surface area contributed by atoms with E-state index in [2.05, 4.69) is 5.32 Å². The van der Waals surface area contributed by atoms with E-state index in [-0.39, 0.29) is 11.6 Å². The highest BCUT2D eigenvalue weighted by atomic mass is 16.5. The zero-order valence-corrected chi connectivity index (χ0v) is 11.2. The molecule has 3 rings (SSSR count). The lowest BCUT2D eigenvalue weighted by Gasteiger charge is -2.32. The van der Waals surface area contributed by atoms with Gasteiger partial charge in [-0.3, -0.25) is 10.1 Å². The fraction of sp³-hybridized carbons (Fsp3) is 0.500. The molecule has 2 aliphatic heterocycles. The lowest BCUT2D eigenvalue weighted by molar-refractivity contribution is -0.130. The minimum atomic E-state index is -0.351. The average molecular weight is 262 g/mol. The fourth-order valence-electron chi connectivity index (χ4n) is 3.14. The molecule has 0 spiro atoms. The van der Waals surface area contributed by atoms with Crippen LogP contribution in [0.4, 0.5) is 0 Å². The molecule has 5 heteroatoms. The standard InChI is InChI=1S/C14H18N2O3/c1-18-11-4-3-10(9-12(11)19-2)14-6-5-13(17)16(14)8-7-15-14/h3-4,9,15H,5-8H2,1-2H3. The summed E-state index contributed by atoms with van der Waals surface area (Å²) < 4.78 is 10.6. The summed E-state index contributed by atoms with van der Waals surface area (Å²) in [7, 11) is 3.24. The van der Waals surface area contributed by atoms with Gasteiger partial charge in [0.05, 0.1) is 14.2 Å². The SMILES string of the molecule is COc1ccc(C23CCC(=O)N2CCN3)cc1OC. The Hall–Kier alpha value is -1.75. The molecule has 0 aliphatic carbocycles. The van der Waals surface area contributed by atoms with Gasteiger partial charge in [-0.05, 0) is 24.1 Å². The molecule has 0 saturated carbocycles. The monoisotopic (exact) mass is 262 g/mol. The normalized spacial score (nSPS) is 25.6. The molecule has 1 amide bonds. The topological polar surface area (TPSA) is 50.8 Å². The molecule has 0 aromatic heterocycles. The Labute approximate surface area is 112 Å². The van der Waals surface area contributed by atoms with Crippen LogP contribution in [0.25, 0.3) is 0 Å². The van der Waals surface area contributed by atoms with Gasteiger partial charge in [-0.1, -0.05) is 6.07 Å². The van der Waals surface area contributed by atoms with Crippen LogP contribution in [-0.2, 0) is 10.5 Å². The van der Waals surface area contributed by atoms with Gasteiger partial charge in [-0.15, -0.1) is 0 Å². The summed E-state index contributed by atoms with van der Waals surface area (Å²) in [5.74, 6) is 1.62. The first-order valence-electron chi connectivity index (χ1n) is 6.49. The summed E-state index contributed by atoms with van der Waals surface area (Å²) in [6.45, 7) is 1.60. The summed E-state index contributed by atoms with van der Waals surface area (Å²) in [5, 5.41) is 3.48. The lowest BCUT2D eigenvalue weighted by Crippen LogP contribution is -2.45. The van der Waals surface area contributed by atoms with Crippen LogP contribution < -0.4 is 14.8 Å². The molecule has 0 radical (unpaired) electrons. The van der Waals surface area contributed by atoms with Crippen LogP contribution >= 0.6 is 0 Å². The first-order chi connectivity index (χ1) is 9.21. The van der Waals surface area contributed by atoms with Crippen LogP contribution in [-0.4, -0.2) is 38.1 Å². The maximum absolute atomic E-state index is 11.9. The van der Waals surface area contributed by atoms with Crippen molar-refractivity contribution in [1.29, 1.82) is 0 Å². The Morgan fingerprint density at radius 1 is 1.26 bits per heavy atom. The molecule has 102 valence electrons. The van der Waals surface area contributed by atoms with Crippen molar-refractivity contribution in [1.82, 2.24) is 10.2 Å². The molecular weight excluding hydrogens is 244 g/mol. The molecular formula is C14H18N2O3. The van der Waals surface area contributed by atoms with E-state index >= 15 is 0 Å². The van der Waals surface area contributed by atoms with Crippen LogP contribution in [0.2, 0.25) is 0 Å². The van der Waals surface area contributed by atoms with E-state index in [9.17, 15) is 4.79 Å². The van der Waals surface area contributed by atoms with Crippen molar-refractivity contribution in [2.45, 2.75) is 18.5 Å². The predicted octanol–water partition coefficient (Wildman–Crippen LogP) is 1.08. The first-order valence-corrected chi connectivity index (χ1v) is 6.49. The number of nitrogens with zero attached hydrogens (tertiary/aromatic N) is 1. The van der Waals surface area contributed by atoms with E-state index in [1.54, 1.807) is 14.2 Å². The van der Waals surface area contributed by atoms with E-state index in [0.717, 1.165) is 25.1 Å². The van der Waals surface area contributed by atoms with Crippen LogP contribution in [0, 0.1) is 0 Å². The minimum absolute atomic E-state index is 0.222. The Balaban J connectivity index is 2.04. The smallest absolute Gasteiger partial charge is 0.224 e. The summed E-state index contributed by atoms with van der Waals surface area (Å²) in [6.07, 6.45) is 1.41. The van der Waals surface area contributed by atoms with Crippen LogP contribution in [0.1, 0.15) is 18.4 Å². The van der Waals surface area contributed by atoms with Crippen molar-refractivity contribution < 1.29 is 14.3 Å². The molecule has 5 nitrogen and oxygen atoms in total. The van der Waals surface area contributed by atoms with Gasteiger partial charge < -0.3 is 14.4 Å². The number of rotatable bonds is 3. The van der Waals surface area contributed by atoms with Crippen molar-refractivity contribution in [3.05, 3.63) is 23.8 Å². The highest BCUT2D eigenvalue weighted by Gasteiger charge is 2.49. The molecule has 2 aliphatic rings. The quantitative estimate of drug-likeness (QED) is 0.885. The predicted molar refractivity (Wildman–Crippen MR) is 70.2 cm³/mol. The van der Waals surface area contributed by atoms with E-state index in [0.29, 0.717) is 17.9 Å². The third-order valence-electron chi connectivity index (χ3n) is 4.08. The van der Waals surface area contributed by atoms with Crippen molar-refractivity contribution in [3.8, 4) is 11.5 Å². The number of benzene rings is 1. The molecule has 0 bridgehead atoms. The van der Waals surface area contributed by atoms with Gasteiger partial charge in [0, 0.05) is 19.5 Å². The molecule has 2 heterocycles. The number of fused-ring (bicyclic) bond motifs is 1. The number of carbonyl (C=O) groups is 1. The van der Waals surface area contributed by atoms with Crippen LogP contribution in [0.15, 0.2) is 18.2 Å². The van der Waals surface area contributed by atoms with E-state index in [1.165, 1.54) is 0 Å². The second-order valence-electron chi connectivity index (χ2n) is 4.90. The van der Waals surface area contributed by atoms with Crippen molar-refractivity contribution in [3.63, 3.8) is 0 Å². The van der Waals surface area contributed by atoms with Gasteiger partial charge in [0.1, 0.15) is 5.66 Å². The third-order valence-corrected chi connectivity index (χ3v) is 4.08. The number of hydrogen-bond acceptors (Lipinski definition) is 4. The number of methoxy groups -OCH3 is 2. The third kappa shape index (κ3) is 1.69. The summed E-state index contributed by atoms with van der Waals surface area (Å²) >= 11 is 0. The summed E-state index contributed by atoms with van der Waals surface area (Å²) in [6, 6.07) is 5.86.